The highest BCUT2D eigenvalue weighted by Crippen LogP contribution is 2.14. The summed E-state index contributed by atoms with van der Waals surface area (Å²) in [5.41, 5.74) is 3.54. The van der Waals surface area contributed by atoms with Crippen LogP contribution < -0.4 is 0 Å². The normalized spacial score (nSPS) is 11.2. The van der Waals surface area contributed by atoms with Crippen LogP contribution >= 0.6 is 0 Å². The van der Waals surface area contributed by atoms with Crippen molar-refractivity contribution >= 4 is 11.9 Å². The molecule has 0 aliphatic carbocycles. The zero-order chi connectivity index (χ0) is 17.5. The Balaban J connectivity index is 1.64. The minimum absolute atomic E-state index is 0.0354. The van der Waals surface area contributed by atoms with E-state index in [-0.39, 0.29) is 5.78 Å². The van der Waals surface area contributed by atoms with Crippen LogP contribution in [-0.4, -0.2) is 5.78 Å². The SMILES string of the molecule is C/C(=C\c1ccc(C(=O)c2ccccc2)cc1)OCc1ccccc1. The highest BCUT2D eigenvalue weighted by Gasteiger charge is 2.07. The molecule has 2 heteroatoms. The van der Waals surface area contributed by atoms with Gasteiger partial charge in [-0.3, -0.25) is 4.79 Å². The number of benzene rings is 3. The number of rotatable bonds is 6. The number of allylic oxidation sites excluding steroid dienone is 1. The smallest absolute Gasteiger partial charge is 0.193 e. The number of hydrogen-bond donors (Lipinski definition) is 0. The van der Waals surface area contributed by atoms with E-state index in [4.69, 9.17) is 4.74 Å². The highest BCUT2D eigenvalue weighted by molar-refractivity contribution is 6.09. The summed E-state index contributed by atoms with van der Waals surface area (Å²) < 4.78 is 5.77. The molecule has 0 bridgehead atoms. The maximum atomic E-state index is 12.4. The molecule has 0 saturated carbocycles. The Labute approximate surface area is 148 Å². The molecular formula is C23H20O2. The average Bonchev–Trinajstić information content (AvgIpc) is 2.68. The largest absolute Gasteiger partial charge is 0.494 e. The summed E-state index contributed by atoms with van der Waals surface area (Å²) in [6.45, 7) is 2.49. The molecule has 0 unspecified atom stereocenters. The lowest BCUT2D eigenvalue weighted by Gasteiger charge is -2.07. The summed E-state index contributed by atoms with van der Waals surface area (Å²) >= 11 is 0. The van der Waals surface area contributed by atoms with Gasteiger partial charge in [0.2, 0.25) is 0 Å². The fourth-order valence-corrected chi connectivity index (χ4v) is 2.53. The van der Waals surface area contributed by atoms with Gasteiger partial charge in [0.1, 0.15) is 6.61 Å². The van der Waals surface area contributed by atoms with Crippen molar-refractivity contribution < 1.29 is 9.53 Å². The van der Waals surface area contributed by atoms with Crippen LogP contribution in [-0.2, 0) is 11.3 Å². The fraction of sp³-hybridized carbons (Fsp3) is 0.0870. The molecule has 0 aromatic heterocycles. The molecule has 0 N–H and O–H groups in total. The lowest BCUT2D eigenvalue weighted by molar-refractivity contribution is 0.103. The van der Waals surface area contributed by atoms with E-state index in [0.29, 0.717) is 17.7 Å². The van der Waals surface area contributed by atoms with Crippen LogP contribution in [0.5, 0.6) is 0 Å². The van der Waals surface area contributed by atoms with Gasteiger partial charge in [-0.25, -0.2) is 0 Å². The van der Waals surface area contributed by atoms with Gasteiger partial charge in [0, 0.05) is 11.1 Å². The van der Waals surface area contributed by atoms with Crippen molar-refractivity contribution in [3.63, 3.8) is 0 Å². The summed E-state index contributed by atoms with van der Waals surface area (Å²) in [5.74, 6) is 0.874. The summed E-state index contributed by atoms with van der Waals surface area (Å²) in [7, 11) is 0. The van der Waals surface area contributed by atoms with Gasteiger partial charge in [-0.15, -0.1) is 0 Å². The second kappa shape index (κ2) is 8.11. The molecule has 0 spiro atoms. The fourth-order valence-electron chi connectivity index (χ4n) is 2.53. The molecule has 124 valence electrons. The van der Waals surface area contributed by atoms with Gasteiger partial charge in [0.25, 0.3) is 0 Å². The van der Waals surface area contributed by atoms with Crippen LogP contribution in [0, 0.1) is 0 Å². The van der Waals surface area contributed by atoms with E-state index in [1.807, 2.05) is 97.9 Å². The third kappa shape index (κ3) is 4.67. The molecule has 0 heterocycles. The topological polar surface area (TPSA) is 26.3 Å². The van der Waals surface area contributed by atoms with Crippen LogP contribution in [0.2, 0.25) is 0 Å². The van der Waals surface area contributed by atoms with E-state index in [2.05, 4.69) is 0 Å². The van der Waals surface area contributed by atoms with Gasteiger partial charge in [-0.1, -0.05) is 84.9 Å². The molecule has 25 heavy (non-hydrogen) atoms. The van der Waals surface area contributed by atoms with E-state index in [0.717, 1.165) is 16.9 Å². The molecule has 0 fully saturated rings. The Morgan fingerprint density at radius 2 is 1.36 bits per heavy atom. The van der Waals surface area contributed by atoms with Crippen molar-refractivity contribution in [1.29, 1.82) is 0 Å². The molecule has 0 saturated heterocycles. The number of carbonyl (C=O) groups excluding carboxylic acids is 1. The first-order chi connectivity index (χ1) is 12.2. The van der Waals surface area contributed by atoms with Gasteiger partial charge in [0.15, 0.2) is 5.78 Å². The Morgan fingerprint density at radius 3 is 2.00 bits per heavy atom. The molecule has 3 rings (SSSR count). The van der Waals surface area contributed by atoms with Gasteiger partial charge >= 0.3 is 0 Å². The summed E-state index contributed by atoms with van der Waals surface area (Å²) in [6, 6.07) is 27.0. The van der Waals surface area contributed by atoms with Crippen molar-refractivity contribution in [2.24, 2.45) is 0 Å². The molecule has 3 aromatic carbocycles. The first kappa shape index (κ1) is 16.7. The van der Waals surface area contributed by atoms with E-state index in [1.165, 1.54) is 0 Å². The molecular weight excluding hydrogens is 308 g/mol. The Kier molecular flexibility index (Phi) is 5.43. The predicted molar refractivity (Wildman–Crippen MR) is 101 cm³/mol. The van der Waals surface area contributed by atoms with Gasteiger partial charge in [-0.2, -0.15) is 0 Å². The van der Waals surface area contributed by atoms with Gasteiger partial charge < -0.3 is 4.74 Å². The van der Waals surface area contributed by atoms with Crippen molar-refractivity contribution in [2.45, 2.75) is 13.5 Å². The Bertz CT molecular complexity index is 848. The third-order valence-corrected chi connectivity index (χ3v) is 3.89. The quantitative estimate of drug-likeness (QED) is 0.441. The van der Waals surface area contributed by atoms with E-state index in [1.54, 1.807) is 0 Å². The number of carbonyl (C=O) groups is 1. The maximum Gasteiger partial charge on any atom is 0.193 e. The molecule has 0 atom stereocenters. The Hall–Kier alpha value is -3.13. The van der Waals surface area contributed by atoms with E-state index < -0.39 is 0 Å². The molecule has 2 nitrogen and oxygen atoms in total. The maximum absolute atomic E-state index is 12.4. The lowest BCUT2D eigenvalue weighted by atomic mass is 10.0. The minimum Gasteiger partial charge on any atom is -0.494 e. The van der Waals surface area contributed by atoms with Crippen LogP contribution in [0.25, 0.3) is 6.08 Å². The van der Waals surface area contributed by atoms with Gasteiger partial charge in [0.05, 0.1) is 5.76 Å². The van der Waals surface area contributed by atoms with Gasteiger partial charge in [-0.05, 0) is 24.1 Å². The Morgan fingerprint density at radius 1 is 0.800 bits per heavy atom. The second-order valence-corrected chi connectivity index (χ2v) is 5.85. The van der Waals surface area contributed by atoms with Crippen molar-refractivity contribution in [2.75, 3.05) is 0 Å². The zero-order valence-corrected chi connectivity index (χ0v) is 14.2. The summed E-state index contributed by atoms with van der Waals surface area (Å²) in [4.78, 5) is 12.4. The van der Waals surface area contributed by atoms with Crippen LogP contribution in [0.4, 0.5) is 0 Å². The predicted octanol–water partition coefficient (Wildman–Crippen LogP) is 5.50. The molecule has 0 radical (unpaired) electrons. The van der Waals surface area contributed by atoms with Crippen LogP contribution in [0.3, 0.4) is 0 Å². The first-order valence-corrected chi connectivity index (χ1v) is 8.27. The third-order valence-electron chi connectivity index (χ3n) is 3.89. The van der Waals surface area contributed by atoms with Crippen LogP contribution in [0.1, 0.15) is 34.0 Å². The molecule has 0 aliphatic heterocycles. The molecule has 3 aromatic rings. The second-order valence-electron chi connectivity index (χ2n) is 5.85. The van der Waals surface area contributed by atoms with E-state index >= 15 is 0 Å². The minimum atomic E-state index is 0.0354. The number of ketones is 1. The standard InChI is InChI=1S/C23H20O2/c1-18(25-17-20-8-4-2-5-9-20)16-19-12-14-22(15-13-19)23(24)21-10-6-3-7-11-21/h2-16H,17H2,1H3/b18-16+. The van der Waals surface area contributed by atoms with Crippen LogP contribution in [0.15, 0.2) is 90.7 Å². The summed E-state index contributed by atoms with van der Waals surface area (Å²) in [5, 5.41) is 0. The first-order valence-electron chi connectivity index (χ1n) is 8.27. The van der Waals surface area contributed by atoms with Crippen molar-refractivity contribution in [3.8, 4) is 0 Å². The summed E-state index contributed by atoms with van der Waals surface area (Å²) in [6.07, 6.45) is 1.97. The van der Waals surface area contributed by atoms with Crippen molar-refractivity contribution in [1.82, 2.24) is 0 Å². The lowest BCUT2D eigenvalue weighted by Crippen LogP contribution is -2.00. The number of hydrogen-bond acceptors (Lipinski definition) is 2. The number of ether oxygens (including phenoxy) is 1. The zero-order valence-electron chi connectivity index (χ0n) is 14.2. The average molecular weight is 328 g/mol. The van der Waals surface area contributed by atoms with E-state index in [9.17, 15) is 4.79 Å². The molecule has 0 amide bonds. The van der Waals surface area contributed by atoms with Crippen molar-refractivity contribution in [3.05, 3.63) is 113 Å². The highest BCUT2D eigenvalue weighted by atomic mass is 16.5. The monoisotopic (exact) mass is 328 g/mol. The molecule has 0 aliphatic rings.